The second kappa shape index (κ2) is 7.85. The van der Waals surface area contributed by atoms with E-state index in [1.54, 1.807) is 24.3 Å². The van der Waals surface area contributed by atoms with Crippen molar-refractivity contribution in [1.82, 2.24) is 0 Å². The van der Waals surface area contributed by atoms with Crippen LogP contribution in [0.15, 0.2) is 65.1 Å². The van der Waals surface area contributed by atoms with Crippen LogP contribution < -0.4 is 4.31 Å². The second-order valence-corrected chi connectivity index (χ2v) is 9.91. The van der Waals surface area contributed by atoms with E-state index in [2.05, 4.69) is 15.9 Å². The van der Waals surface area contributed by atoms with Crippen molar-refractivity contribution in [2.45, 2.75) is 17.9 Å². The van der Waals surface area contributed by atoms with Crippen molar-refractivity contribution in [3.05, 3.63) is 75.7 Å². The zero-order valence-corrected chi connectivity index (χ0v) is 18.7. The van der Waals surface area contributed by atoms with Crippen molar-refractivity contribution >= 4 is 61.1 Å². The molecule has 2 aromatic carbocycles. The first-order valence-electron chi connectivity index (χ1n) is 8.57. The summed E-state index contributed by atoms with van der Waals surface area (Å²) < 4.78 is 26.2. The first-order valence-corrected chi connectivity index (χ1v) is 11.6. The molecule has 5 nitrogen and oxygen atoms in total. The van der Waals surface area contributed by atoms with Crippen LogP contribution in [0.3, 0.4) is 0 Å². The molecule has 1 N–H and O–H groups in total. The predicted octanol–water partition coefficient (Wildman–Crippen LogP) is 5.44. The Kier molecular flexibility index (Phi) is 5.56. The number of thiophene rings is 1. The Hall–Kier alpha value is -1.71. The van der Waals surface area contributed by atoms with Crippen LogP contribution >= 0.6 is 38.9 Å². The van der Waals surface area contributed by atoms with E-state index in [0.717, 1.165) is 24.8 Å². The average molecular weight is 512 g/mol. The highest BCUT2D eigenvalue weighted by molar-refractivity contribution is 9.10. The third-order valence-corrected chi connectivity index (χ3v) is 7.79. The molecule has 1 aliphatic carbocycles. The Bertz CT molecular complexity index is 1100. The fourth-order valence-electron chi connectivity index (χ4n) is 3.53. The molecule has 0 amide bonds. The van der Waals surface area contributed by atoms with Gasteiger partial charge in [-0.2, -0.15) is 0 Å². The highest BCUT2D eigenvalue weighted by Gasteiger charge is 2.66. The molecule has 1 fully saturated rings. The summed E-state index contributed by atoms with van der Waals surface area (Å²) in [4.78, 5) is 13.1. The number of anilines is 1. The summed E-state index contributed by atoms with van der Waals surface area (Å²) in [7, 11) is 0. The van der Waals surface area contributed by atoms with Gasteiger partial charge in [-0.3, -0.25) is 8.51 Å². The first kappa shape index (κ1) is 20.6. The van der Waals surface area contributed by atoms with Crippen LogP contribution in [-0.2, 0) is 16.1 Å². The van der Waals surface area contributed by atoms with Gasteiger partial charge >= 0.3 is 5.97 Å². The summed E-state index contributed by atoms with van der Waals surface area (Å²) in [5.41, 5.74) is 0.132. The lowest BCUT2D eigenvalue weighted by atomic mass is 10.1. The minimum Gasteiger partial charge on any atom is -0.755 e. The van der Waals surface area contributed by atoms with E-state index < -0.39 is 28.7 Å². The van der Waals surface area contributed by atoms with Gasteiger partial charge in [0.25, 0.3) is 0 Å². The predicted molar refractivity (Wildman–Crippen MR) is 118 cm³/mol. The number of carboxylic acids is 1. The Labute approximate surface area is 187 Å². The maximum atomic E-state index is 12.2. The SMILES string of the molecule is O=C(O)C1(N(c2ccc(-c3ccc(Cl)cc3)s2)S(=O)[O-])CC1c1cccc(Br)c1. The number of nitrogens with zero attached hydrogens (tertiary/aromatic N) is 1. The number of carboxylic acid groups (broad SMARTS) is 1. The number of hydrogen-bond acceptors (Lipinski definition) is 4. The van der Waals surface area contributed by atoms with Crippen molar-refractivity contribution in [3.8, 4) is 10.4 Å². The lowest BCUT2D eigenvalue weighted by Crippen LogP contribution is -2.46. The zero-order valence-electron chi connectivity index (χ0n) is 14.7. The van der Waals surface area contributed by atoms with Crippen LogP contribution in [0.25, 0.3) is 10.4 Å². The van der Waals surface area contributed by atoms with Crippen LogP contribution in [0.2, 0.25) is 5.02 Å². The smallest absolute Gasteiger partial charge is 0.331 e. The van der Waals surface area contributed by atoms with Crippen LogP contribution in [0.5, 0.6) is 0 Å². The normalized spacial score (nSPS) is 21.6. The summed E-state index contributed by atoms with van der Waals surface area (Å²) in [5, 5.41) is 11.0. The van der Waals surface area contributed by atoms with Crippen LogP contribution in [-0.4, -0.2) is 25.4 Å². The number of aliphatic carboxylic acids is 1. The minimum absolute atomic E-state index is 0.209. The standard InChI is InChI=1S/C20H15BrClNO4S2/c21-14-3-1-2-13(10-14)16-11-20(16,19(24)25)23(29(26)27)18-9-8-17(28-18)12-4-6-15(22)7-5-12/h1-10,16H,11H2,(H,24,25)(H,26,27)/p-1. The molecule has 3 atom stereocenters. The lowest BCUT2D eigenvalue weighted by Gasteiger charge is -2.32. The van der Waals surface area contributed by atoms with Gasteiger partial charge < -0.3 is 9.66 Å². The molecular weight excluding hydrogens is 498 g/mol. The van der Waals surface area contributed by atoms with Gasteiger partial charge in [0.05, 0.1) is 0 Å². The highest BCUT2D eigenvalue weighted by Crippen LogP contribution is 2.58. The molecule has 29 heavy (non-hydrogen) atoms. The zero-order chi connectivity index (χ0) is 20.8. The van der Waals surface area contributed by atoms with Crippen molar-refractivity contribution in [3.63, 3.8) is 0 Å². The molecule has 3 aromatic rings. The first-order chi connectivity index (χ1) is 13.8. The van der Waals surface area contributed by atoms with Gasteiger partial charge in [-0.1, -0.05) is 51.8 Å². The number of halogens is 2. The molecule has 1 aromatic heterocycles. The molecule has 3 unspecified atom stereocenters. The maximum absolute atomic E-state index is 12.2. The van der Waals surface area contributed by atoms with E-state index in [-0.39, 0.29) is 6.42 Å². The number of benzene rings is 2. The van der Waals surface area contributed by atoms with Crippen LogP contribution in [0, 0.1) is 0 Å². The Morgan fingerprint density at radius 2 is 1.97 bits per heavy atom. The molecule has 1 saturated carbocycles. The molecule has 1 aliphatic rings. The van der Waals surface area contributed by atoms with Crippen molar-refractivity contribution in [2.75, 3.05) is 4.31 Å². The number of carbonyl (C=O) groups is 1. The quantitative estimate of drug-likeness (QED) is 0.447. The van der Waals surface area contributed by atoms with Gasteiger partial charge in [0, 0.05) is 31.6 Å². The summed E-state index contributed by atoms with van der Waals surface area (Å²) in [6, 6.07) is 17.9. The van der Waals surface area contributed by atoms with Gasteiger partial charge in [-0.15, -0.1) is 11.3 Å². The Morgan fingerprint density at radius 3 is 2.59 bits per heavy atom. The van der Waals surface area contributed by atoms with Crippen molar-refractivity contribution < 1.29 is 18.7 Å². The number of rotatable bonds is 6. The molecule has 0 aliphatic heterocycles. The molecular formula is C20H14BrClNO4S2-. The van der Waals surface area contributed by atoms with Crippen molar-refractivity contribution in [2.24, 2.45) is 0 Å². The third-order valence-electron chi connectivity index (χ3n) is 4.99. The average Bonchev–Trinajstić information content (AvgIpc) is 3.24. The largest absolute Gasteiger partial charge is 0.755 e. The van der Waals surface area contributed by atoms with Crippen LogP contribution in [0.1, 0.15) is 17.9 Å². The summed E-state index contributed by atoms with van der Waals surface area (Å²) in [5.74, 6) is -1.59. The Balaban J connectivity index is 1.73. The highest BCUT2D eigenvalue weighted by atomic mass is 79.9. The van der Waals surface area contributed by atoms with Gasteiger partial charge in [0.15, 0.2) is 5.54 Å². The van der Waals surface area contributed by atoms with E-state index in [4.69, 9.17) is 11.6 Å². The van der Waals surface area contributed by atoms with Crippen LogP contribution in [0.4, 0.5) is 5.00 Å². The van der Waals surface area contributed by atoms with E-state index in [9.17, 15) is 18.7 Å². The van der Waals surface area contributed by atoms with Gasteiger partial charge in [-0.25, -0.2) is 4.79 Å². The van der Waals surface area contributed by atoms with Gasteiger partial charge in [0.2, 0.25) is 0 Å². The second-order valence-electron chi connectivity index (χ2n) is 6.70. The molecule has 0 bridgehead atoms. The summed E-state index contributed by atoms with van der Waals surface area (Å²) in [6.07, 6.45) is 0.209. The molecule has 0 spiro atoms. The van der Waals surface area contributed by atoms with E-state index in [0.29, 0.717) is 10.0 Å². The summed E-state index contributed by atoms with van der Waals surface area (Å²) in [6.45, 7) is 0. The van der Waals surface area contributed by atoms with Gasteiger partial charge in [-0.05, 0) is 53.9 Å². The Morgan fingerprint density at radius 1 is 1.24 bits per heavy atom. The van der Waals surface area contributed by atoms with Crippen molar-refractivity contribution in [1.29, 1.82) is 0 Å². The molecule has 9 heteroatoms. The van der Waals surface area contributed by atoms with Gasteiger partial charge in [0.1, 0.15) is 5.00 Å². The summed E-state index contributed by atoms with van der Waals surface area (Å²) >= 11 is 7.80. The monoisotopic (exact) mass is 510 g/mol. The topological polar surface area (TPSA) is 80.7 Å². The maximum Gasteiger partial charge on any atom is 0.331 e. The molecule has 0 radical (unpaired) electrons. The van der Waals surface area contributed by atoms with E-state index in [1.807, 2.05) is 36.4 Å². The lowest BCUT2D eigenvalue weighted by molar-refractivity contribution is -0.139. The number of hydrogen-bond donors (Lipinski definition) is 1. The molecule has 0 saturated heterocycles. The third kappa shape index (κ3) is 3.75. The van der Waals surface area contributed by atoms with E-state index >= 15 is 0 Å². The molecule has 150 valence electrons. The molecule has 1 heterocycles. The molecule has 4 rings (SSSR count). The fourth-order valence-corrected chi connectivity index (χ4v) is 6.11. The van der Waals surface area contributed by atoms with E-state index in [1.165, 1.54) is 11.3 Å². The fraction of sp³-hybridized carbons (Fsp3) is 0.150. The minimum atomic E-state index is -2.75.